The summed E-state index contributed by atoms with van der Waals surface area (Å²) in [5.41, 5.74) is 1.34. The highest BCUT2D eigenvalue weighted by Crippen LogP contribution is 2.31. The molecule has 1 aromatic carbocycles. The van der Waals surface area contributed by atoms with E-state index in [-0.39, 0.29) is 5.41 Å². The molecule has 0 saturated carbocycles. The summed E-state index contributed by atoms with van der Waals surface area (Å²) in [6.45, 7) is 9.92. The Morgan fingerprint density at radius 3 is 2.56 bits per heavy atom. The van der Waals surface area contributed by atoms with Crippen LogP contribution >= 0.6 is 23.2 Å². The maximum Gasteiger partial charge on any atom is 0.0439 e. The largest absolute Gasteiger partial charge is 0.315 e. The Hall–Kier alpha value is -0.240. The van der Waals surface area contributed by atoms with Crippen LogP contribution in [0.4, 0.5) is 0 Å². The summed E-state index contributed by atoms with van der Waals surface area (Å²) >= 11 is 12.3. The van der Waals surface area contributed by atoms with E-state index in [0.29, 0.717) is 6.04 Å². The Kier molecular flexibility index (Phi) is 5.97. The maximum atomic E-state index is 6.23. The molecule has 102 valence electrons. The van der Waals surface area contributed by atoms with Crippen LogP contribution in [0.15, 0.2) is 18.2 Å². The lowest BCUT2D eigenvalue weighted by molar-refractivity contribution is 0.289. The summed E-state index contributed by atoms with van der Waals surface area (Å²) in [6, 6.07) is 6.21. The molecule has 0 heterocycles. The second-order valence-electron chi connectivity index (χ2n) is 5.74. The van der Waals surface area contributed by atoms with E-state index in [0.717, 1.165) is 35.0 Å². The van der Waals surface area contributed by atoms with Gasteiger partial charge in [-0.2, -0.15) is 0 Å². The molecule has 1 unspecified atom stereocenters. The number of rotatable bonds is 6. The summed E-state index contributed by atoms with van der Waals surface area (Å²) in [7, 11) is 0. The van der Waals surface area contributed by atoms with E-state index in [2.05, 4.69) is 33.0 Å². The highest BCUT2D eigenvalue weighted by molar-refractivity contribution is 6.33. The Morgan fingerprint density at radius 1 is 1.28 bits per heavy atom. The van der Waals surface area contributed by atoms with Gasteiger partial charge in [-0.15, -0.1) is 0 Å². The van der Waals surface area contributed by atoms with Crippen molar-refractivity contribution in [1.82, 2.24) is 5.32 Å². The predicted octanol–water partition coefficient (Wildman–Crippen LogP) is 4.95. The van der Waals surface area contributed by atoms with Crippen LogP contribution in [0.3, 0.4) is 0 Å². The topological polar surface area (TPSA) is 12.0 Å². The predicted molar refractivity (Wildman–Crippen MR) is 81.7 cm³/mol. The molecule has 0 aliphatic heterocycles. The van der Waals surface area contributed by atoms with Crippen molar-refractivity contribution in [2.75, 3.05) is 6.54 Å². The zero-order valence-corrected chi connectivity index (χ0v) is 13.2. The van der Waals surface area contributed by atoms with Crippen LogP contribution in [0, 0.1) is 5.41 Å². The van der Waals surface area contributed by atoms with Gasteiger partial charge in [0.1, 0.15) is 0 Å². The zero-order valence-electron chi connectivity index (χ0n) is 11.7. The number of hydrogen-bond acceptors (Lipinski definition) is 1. The summed E-state index contributed by atoms with van der Waals surface area (Å²) < 4.78 is 0. The average molecular weight is 288 g/mol. The maximum absolute atomic E-state index is 6.23. The lowest BCUT2D eigenvalue weighted by atomic mass is 9.80. The first kappa shape index (κ1) is 15.8. The molecule has 3 heteroatoms. The summed E-state index contributed by atoms with van der Waals surface area (Å²) in [6.07, 6.45) is 2.06. The molecule has 1 rings (SSSR count). The summed E-state index contributed by atoms with van der Waals surface area (Å²) in [4.78, 5) is 0. The molecule has 0 fully saturated rings. The van der Waals surface area contributed by atoms with Crippen molar-refractivity contribution in [2.24, 2.45) is 5.41 Å². The van der Waals surface area contributed by atoms with Crippen molar-refractivity contribution >= 4 is 23.2 Å². The molecular weight excluding hydrogens is 265 g/mol. The van der Waals surface area contributed by atoms with Crippen molar-refractivity contribution in [3.63, 3.8) is 0 Å². The minimum atomic E-state index is 0.204. The number of halogens is 2. The van der Waals surface area contributed by atoms with E-state index in [1.165, 1.54) is 0 Å². The third kappa shape index (κ3) is 5.17. The van der Waals surface area contributed by atoms with E-state index in [1.54, 1.807) is 0 Å². The quantitative estimate of drug-likeness (QED) is 0.781. The van der Waals surface area contributed by atoms with Gasteiger partial charge in [-0.25, -0.2) is 0 Å². The van der Waals surface area contributed by atoms with Gasteiger partial charge in [0.15, 0.2) is 0 Å². The first-order chi connectivity index (χ1) is 8.34. The van der Waals surface area contributed by atoms with Gasteiger partial charge in [0.2, 0.25) is 0 Å². The molecule has 1 atom stereocenters. The third-order valence-corrected chi connectivity index (χ3v) is 3.69. The molecule has 18 heavy (non-hydrogen) atoms. The molecule has 0 aliphatic carbocycles. The highest BCUT2D eigenvalue weighted by atomic mass is 35.5. The van der Waals surface area contributed by atoms with Gasteiger partial charge in [0.05, 0.1) is 0 Å². The van der Waals surface area contributed by atoms with E-state index < -0.39 is 0 Å². The molecule has 1 aromatic rings. The lowest BCUT2D eigenvalue weighted by Gasteiger charge is -2.29. The van der Waals surface area contributed by atoms with Crippen molar-refractivity contribution in [3.05, 3.63) is 33.8 Å². The normalized spacial score (nSPS) is 13.7. The van der Waals surface area contributed by atoms with Gasteiger partial charge in [-0.1, -0.05) is 44.0 Å². The third-order valence-electron chi connectivity index (χ3n) is 3.09. The summed E-state index contributed by atoms with van der Waals surface area (Å²) in [5.74, 6) is 0. The minimum absolute atomic E-state index is 0.204. The first-order valence-corrected chi connectivity index (χ1v) is 7.27. The standard InChI is InChI=1S/C15H23Cl2N/c1-5-18-11(2)9-15(3,4)10-12-8-13(16)6-7-14(12)17/h6-8,11,18H,5,9-10H2,1-4H3. The van der Waals surface area contributed by atoms with Crippen LogP contribution < -0.4 is 5.32 Å². The highest BCUT2D eigenvalue weighted by Gasteiger charge is 2.22. The van der Waals surface area contributed by atoms with Crippen molar-refractivity contribution in [1.29, 1.82) is 0 Å². The fourth-order valence-corrected chi connectivity index (χ4v) is 2.90. The first-order valence-electron chi connectivity index (χ1n) is 6.51. The molecule has 1 nitrogen and oxygen atoms in total. The van der Waals surface area contributed by atoms with Crippen molar-refractivity contribution in [3.8, 4) is 0 Å². The fraction of sp³-hybridized carbons (Fsp3) is 0.600. The van der Waals surface area contributed by atoms with E-state index in [1.807, 2.05) is 18.2 Å². The monoisotopic (exact) mass is 287 g/mol. The molecule has 0 aliphatic rings. The molecule has 0 amide bonds. The molecular formula is C15H23Cl2N. The Morgan fingerprint density at radius 2 is 1.94 bits per heavy atom. The van der Waals surface area contributed by atoms with Gasteiger partial charge < -0.3 is 5.32 Å². The molecule has 0 bridgehead atoms. The van der Waals surface area contributed by atoms with E-state index in [9.17, 15) is 0 Å². The van der Waals surface area contributed by atoms with E-state index >= 15 is 0 Å². The van der Waals surface area contributed by atoms with Gasteiger partial charge in [-0.3, -0.25) is 0 Å². The van der Waals surface area contributed by atoms with E-state index in [4.69, 9.17) is 23.2 Å². The molecule has 0 spiro atoms. The molecule has 1 N–H and O–H groups in total. The SMILES string of the molecule is CCNC(C)CC(C)(C)Cc1cc(Cl)ccc1Cl. The lowest BCUT2D eigenvalue weighted by Crippen LogP contribution is -2.32. The van der Waals surface area contributed by atoms with Crippen molar-refractivity contribution < 1.29 is 0 Å². The van der Waals surface area contributed by atoms with Crippen LogP contribution in [0.1, 0.15) is 39.7 Å². The van der Waals surface area contributed by atoms with Crippen LogP contribution in [0.25, 0.3) is 0 Å². The Labute approximate surface area is 121 Å². The molecule has 0 radical (unpaired) electrons. The molecule has 0 saturated heterocycles. The van der Waals surface area contributed by atoms with Crippen molar-refractivity contribution in [2.45, 2.75) is 46.6 Å². The van der Waals surface area contributed by atoms with Crippen LogP contribution in [-0.2, 0) is 6.42 Å². The second-order valence-corrected chi connectivity index (χ2v) is 6.58. The fourth-order valence-electron chi connectivity index (χ4n) is 2.52. The minimum Gasteiger partial charge on any atom is -0.315 e. The van der Waals surface area contributed by atoms with Crippen LogP contribution in [-0.4, -0.2) is 12.6 Å². The van der Waals surface area contributed by atoms with Crippen LogP contribution in [0.5, 0.6) is 0 Å². The second kappa shape index (κ2) is 6.79. The van der Waals surface area contributed by atoms with Gasteiger partial charge in [0, 0.05) is 16.1 Å². The number of benzene rings is 1. The number of nitrogens with one attached hydrogen (secondary N) is 1. The Bertz CT molecular complexity index is 388. The zero-order chi connectivity index (χ0) is 13.8. The van der Waals surface area contributed by atoms with Gasteiger partial charge >= 0.3 is 0 Å². The van der Waals surface area contributed by atoms with Crippen LogP contribution in [0.2, 0.25) is 10.0 Å². The smallest absolute Gasteiger partial charge is 0.0439 e. The summed E-state index contributed by atoms with van der Waals surface area (Å²) in [5, 5.41) is 5.02. The van der Waals surface area contributed by atoms with Gasteiger partial charge in [-0.05, 0) is 55.5 Å². The molecule has 0 aromatic heterocycles. The Balaban J connectivity index is 2.72. The average Bonchev–Trinajstić information content (AvgIpc) is 2.22. The van der Waals surface area contributed by atoms with Gasteiger partial charge in [0.25, 0.3) is 0 Å². The number of hydrogen-bond donors (Lipinski definition) is 1.